The van der Waals surface area contributed by atoms with Crippen LogP contribution in [0.2, 0.25) is 5.02 Å². The number of carbonyl (C=O) groups is 1. The summed E-state index contributed by atoms with van der Waals surface area (Å²) in [5.41, 5.74) is 3.00. The van der Waals surface area contributed by atoms with E-state index < -0.39 is 0 Å². The van der Waals surface area contributed by atoms with Crippen LogP contribution >= 0.6 is 27.5 Å². The molecular formula is C16H17BrClN3O. The topological polar surface area (TPSA) is 38.1 Å². The van der Waals surface area contributed by atoms with Crippen LogP contribution in [-0.2, 0) is 26.4 Å². The molecule has 1 aliphatic heterocycles. The van der Waals surface area contributed by atoms with Crippen LogP contribution in [0.5, 0.6) is 0 Å². The highest BCUT2D eigenvalue weighted by molar-refractivity contribution is 9.10. The molecule has 0 bridgehead atoms. The fourth-order valence-electron chi connectivity index (χ4n) is 2.85. The van der Waals surface area contributed by atoms with Crippen LogP contribution in [0.1, 0.15) is 27.6 Å². The highest BCUT2D eigenvalue weighted by atomic mass is 79.9. The molecule has 6 heteroatoms. The maximum atomic E-state index is 12.6. The van der Waals surface area contributed by atoms with Gasteiger partial charge in [0, 0.05) is 43.1 Å². The molecule has 1 aromatic heterocycles. The van der Waals surface area contributed by atoms with Crippen LogP contribution in [0.3, 0.4) is 0 Å². The van der Waals surface area contributed by atoms with E-state index in [0.717, 1.165) is 35.2 Å². The number of rotatable bonds is 3. The molecule has 22 heavy (non-hydrogen) atoms. The molecule has 0 saturated heterocycles. The Balaban J connectivity index is 1.88. The Bertz CT molecular complexity index is 741. The first-order valence-corrected chi connectivity index (χ1v) is 8.33. The highest BCUT2D eigenvalue weighted by Crippen LogP contribution is 2.27. The molecule has 0 radical (unpaired) electrons. The standard InChI is InChI=1S/C16H17BrClN3O/c1-20-7-6-13-12(9-20)19-16(21(13)2)14(22)8-10-4-3-5-11(17)15(10)18/h3-5H,6-9H2,1-2H3. The average molecular weight is 383 g/mol. The van der Waals surface area contributed by atoms with Crippen molar-refractivity contribution >= 4 is 33.3 Å². The second kappa shape index (κ2) is 6.14. The van der Waals surface area contributed by atoms with E-state index >= 15 is 0 Å². The van der Waals surface area contributed by atoms with Gasteiger partial charge in [-0.3, -0.25) is 4.79 Å². The third kappa shape index (κ3) is 2.85. The average Bonchev–Trinajstić information content (AvgIpc) is 2.80. The minimum atomic E-state index is -0.000414. The molecular weight excluding hydrogens is 366 g/mol. The smallest absolute Gasteiger partial charge is 0.202 e. The highest BCUT2D eigenvalue weighted by Gasteiger charge is 2.24. The van der Waals surface area contributed by atoms with Gasteiger partial charge in [-0.15, -0.1) is 0 Å². The number of aromatic nitrogens is 2. The van der Waals surface area contributed by atoms with Crippen molar-refractivity contribution in [3.63, 3.8) is 0 Å². The van der Waals surface area contributed by atoms with Crippen molar-refractivity contribution in [3.8, 4) is 0 Å². The van der Waals surface area contributed by atoms with Gasteiger partial charge in [0.2, 0.25) is 5.78 Å². The van der Waals surface area contributed by atoms with Crippen LogP contribution in [0, 0.1) is 0 Å². The number of Topliss-reactive ketones (excluding diaryl/α,β-unsaturated/α-hetero) is 1. The fourth-order valence-corrected chi connectivity index (χ4v) is 3.45. The SMILES string of the molecule is CN1CCc2c(nc(C(=O)Cc3cccc(Br)c3Cl)n2C)C1. The summed E-state index contributed by atoms with van der Waals surface area (Å²) in [7, 11) is 3.99. The summed E-state index contributed by atoms with van der Waals surface area (Å²) in [6.07, 6.45) is 1.19. The van der Waals surface area contributed by atoms with E-state index in [1.54, 1.807) is 0 Å². The van der Waals surface area contributed by atoms with Gasteiger partial charge < -0.3 is 9.47 Å². The van der Waals surface area contributed by atoms with E-state index in [1.807, 2.05) is 29.8 Å². The van der Waals surface area contributed by atoms with Crippen molar-refractivity contribution in [2.75, 3.05) is 13.6 Å². The molecule has 0 amide bonds. The molecule has 0 spiro atoms. The van der Waals surface area contributed by atoms with Crippen molar-refractivity contribution in [2.24, 2.45) is 7.05 Å². The van der Waals surface area contributed by atoms with Crippen LogP contribution in [-0.4, -0.2) is 33.8 Å². The van der Waals surface area contributed by atoms with Crippen LogP contribution in [0.25, 0.3) is 0 Å². The molecule has 3 rings (SSSR count). The summed E-state index contributed by atoms with van der Waals surface area (Å²) in [4.78, 5) is 19.4. The first kappa shape index (κ1) is 15.7. The quantitative estimate of drug-likeness (QED) is 0.765. The second-order valence-corrected chi connectivity index (χ2v) is 6.92. The number of imidazole rings is 1. The maximum Gasteiger partial charge on any atom is 0.202 e. The zero-order chi connectivity index (χ0) is 15.9. The summed E-state index contributed by atoms with van der Waals surface area (Å²) < 4.78 is 2.75. The molecule has 2 aromatic rings. The Labute approximate surface area is 143 Å². The Morgan fingerprint density at radius 1 is 1.41 bits per heavy atom. The summed E-state index contributed by atoms with van der Waals surface area (Å²) in [5, 5.41) is 0.592. The minimum absolute atomic E-state index is 0.000414. The molecule has 0 saturated carbocycles. The first-order valence-electron chi connectivity index (χ1n) is 7.16. The van der Waals surface area contributed by atoms with Crippen molar-refractivity contribution < 1.29 is 4.79 Å². The predicted molar refractivity (Wildman–Crippen MR) is 90.4 cm³/mol. The van der Waals surface area contributed by atoms with Gasteiger partial charge in [0.15, 0.2) is 5.82 Å². The van der Waals surface area contributed by atoms with Gasteiger partial charge in [0.1, 0.15) is 0 Å². The van der Waals surface area contributed by atoms with Crippen LogP contribution < -0.4 is 0 Å². The third-order valence-corrected chi connectivity index (χ3v) is 5.41. The first-order chi connectivity index (χ1) is 10.5. The molecule has 4 nitrogen and oxygen atoms in total. The number of ketones is 1. The second-order valence-electron chi connectivity index (χ2n) is 5.69. The van der Waals surface area contributed by atoms with Gasteiger partial charge in [-0.25, -0.2) is 4.98 Å². The Morgan fingerprint density at radius 2 is 2.18 bits per heavy atom. The zero-order valence-corrected chi connectivity index (χ0v) is 14.9. The lowest BCUT2D eigenvalue weighted by molar-refractivity contribution is 0.0980. The van der Waals surface area contributed by atoms with Crippen LogP contribution in [0.4, 0.5) is 0 Å². The molecule has 116 valence electrons. The molecule has 0 N–H and O–H groups in total. The molecule has 1 aromatic carbocycles. The predicted octanol–water partition coefficient (Wildman–Crippen LogP) is 3.25. The van der Waals surface area contributed by atoms with Gasteiger partial charge in [-0.1, -0.05) is 23.7 Å². The van der Waals surface area contributed by atoms with Gasteiger partial charge >= 0.3 is 0 Å². The third-order valence-electron chi connectivity index (χ3n) is 4.08. The monoisotopic (exact) mass is 381 g/mol. The van der Waals surface area contributed by atoms with Gasteiger partial charge in [0.05, 0.1) is 10.7 Å². The fraction of sp³-hybridized carbons (Fsp3) is 0.375. The molecule has 0 unspecified atom stereocenters. The Morgan fingerprint density at radius 3 is 2.95 bits per heavy atom. The van der Waals surface area contributed by atoms with Crippen molar-refractivity contribution in [3.05, 3.63) is 50.5 Å². The summed E-state index contributed by atoms with van der Waals surface area (Å²) in [6, 6.07) is 5.63. The number of nitrogens with zero attached hydrogens (tertiary/aromatic N) is 3. The largest absolute Gasteiger partial charge is 0.328 e. The summed E-state index contributed by atoms with van der Waals surface area (Å²) >= 11 is 9.64. The maximum absolute atomic E-state index is 12.6. The summed E-state index contributed by atoms with van der Waals surface area (Å²) in [5.74, 6) is 0.524. The van der Waals surface area contributed by atoms with Gasteiger partial charge in [-0.2, -0.15) is 0 Å². The van der Waals surface area contributed by atoms with E-state index in [1.165, 1.54) is 5.69 Å². The van der Waals surface area contributed by atoms with Crippen LogP contribution in [0.15, 0.2) is 22.7 Å². The molecule has 0 aliphatic carbocycles. The number of hydrogen-bond acceptors (Lipinski definition) is 3. The minimum Gasteiger partial charge on any atom is -0.328 e. The van der Waals surface area contributed by atoms with Crippen molar-refractivity contribution in [1.82, 2.24) is 14.5 Å². The lowest BCUT2D eigenvalue weighted by Crippen LogP contribution is -2.27. The number of halogens is 2. The van der Waals surface area contributed by atoms with E-state index in [0.29, 0.717) is 10.8 Å². The normalized spacial score (nSPS) is 14.9. The molecule has 0 atom stereocenters. The lowest BCUT2D eigenvalue weighted by Gasteiger charge is -2.21. The van der Waals surface area contributed by atoms with Crippen molar-refractivity contribution in [1.29, 1.82) is 0 Å². The molecule has 0 fully saturated rings. The lowest BCUT2D eigenvalue weighted by atomic mass is 10.1. The van der Waals surface area contributed by atoms with E-state index in [2.05, 4.69) is 32.9 Å². The van der Waals surface area contributed by atoms with E-state index in [4.69, 9.17) is 11.6 Å². The summed E-state index contributed by atoms with van der Waals surface area (Å²) in [6.45, 7) is 1.80. The zero-order valence-electron chi connectivity index (χ0n) is 12.6. The Hall–Kier alpha value is -1.17. The number of carbonyl (C=O) groups excluding carboxylic acids is 1. The number of hydrogen-bond donors (Lipinski definition) is 0. The van der Waals surface area contributed by atoms with E-state index in [9.17, 15) is 4.79 Å². The van der Waals surface area contributed by atoms with Crippen molar-refractivity contribution in [2.45, 2.75) is 19.4 Å². The Kier molecular flexibility index (Phi) is 4.39. The van der Waals surface area contributed by atoms with E-state index in [-0.39, 0.29) is 12.2 Å². The number of benzene rings is 1. The number of likely N-dealkylation sites (N-methyl/N-ethyl adjacent to an activating group) is 1. The molecule has 1 aliphatic rings. The van der Waals surface area contributed by atoms with Gasteiger partial charge in [0.25, 0.3) is 0 Å². The van der Waals surface area contributed by atoms with Gasteiger partial charge in [-0.05, 0) is 34.6 Å². The number of fused-ring (bicyclic) bond motifs is 1. The molecule has 2 heterocycles.